The van der Waals surface area contributed by atoms with E-state index in [1.54, 1.807) is 18.1 Å². The fraction of sp³-hybridized carbons (Fsp3) is 0.588. The number of carbonyl (C=O) groups is 1. The minimum Gasteiger partial charge on any atom is -0.444 e. The third kappa shape index (κ3) is 4.67. The summed E-state index contributed by atoms with van der Waals surface area (Å²) in [4.78, 5) is 13.8. The summed E-state index contributed by atoms with van der Waals surface area (Å²) in [6.45, 7) is 6.43. The number of methoxy groups -OCH3 is 1. The van der Waals surface area contributed by atoms with Gasteiger partial charge in [-0.1, -0.05) is 22.0 Å². The lowest BCUT2D eigenvalue weighted by Gasteiger charge is -2.38. The third-order valence-electron chi connectivity index (χ3n) is 3.88. The maximum absolute atomic E-state index is 14.2. The second-order valence-corrected chi connectivity index (χ2v) is 7.68. The second kappa shape index (κ2) is 7.18. The predicted octanol–water partition coefficient (Wildman–Crippen LogP) is 4.33. The molecule has 128 valence electrons. The zero-order valence-corrected chi connectivity index (χ0v) is 15.5. The van der Waals surface area contributed by atoms with Crippen molar-refractivity contribution in [2.75, 3.05) is 20.2 Å². The zero-order chi connectivity index (χ0) is 17.2. The summed E-state index contributed by atoms with van der Waals surface area (Å²) in [7, 11) is 1.59. The number of halogens is 2. The lowest BCUT2D eigenvalue weighted by Crippen LogP contribution is -2.48. The lowest BCUT2D eigenvalue weighted by molar-refractivity contribution is -0.0143. The number of carbonyl (C=O) groups excluding carboxylic acids is 1. The van der Waals surface area contributed by atoms with Crippen molar-refractivity contribution in [1.29, 1.82) is 0 Å². The Hall–Kier alpha value is -1.14. The Morgan fingerprint density at radius 2 is 2.09 bits per heavy atom. The Bertz CT molecular complexity index is 573. The maximum Gasteiger partial charge on any atom is 0.410 e. The molecule has 1 aromatic rings. The first-order valence-electron chi connectivity index (χ1n) is 7.67. The Balaban J connectivity index is 2.11. The molecule has 0 spiro atoms. The molecule has 1 amide bonds. The van der Waals surface area contributed by atoms with Crippen LogP contribution in [0.2, 0.25) is 0 Å². The van der Waals surface area contributed by atoms with Crippen LogP contribution < -0.4 is 0 Å². The van der Waals surface area contributed by atoms with E-state index in [1.807, 2.05) is 26.8 Å². The van der Waals surface area contributed by atoms with Gasteiger partial charge in [-0.2, -0.15) is 0 Å². The lowest BCUT2D eigenvalue weighted by atomic mass is 9.86. The number of nitrogens with zero attached hydrogens (tertiary/aromatic N) is 1. The van der Waals surface area contributed by atoms with Gasteiger partial charge in [0.05, 0.1) is 12.6 Å². The van der Waals surface area contributed by atoms with Gasteiger partial charge < -0.3 is 14.4 Å². The average Bonchev–Trinajstić information content (AvgIpc) is 2.45. The molecular weight excluding hydrogens is 365 g/mol. The largest absolute Gasteiger partial charge is 0.444 e. The number of piperidine rings is 1. The fourth-order valence-electron chi connectivity index (χ4n) is 2.81. The van der Waals surface area contributed by atoms with Crippen molar-refractivity contribution in [2.45, 2.75) is 44.8 Å². The van der Waals surface area contributed by atoms with Crippen LogP contribution in [0.3, 0.4) is 0 Å². The molecule has 0 unspecified atom stereocenters. The highest BCUT2D eigenvalue weighted by Gasteiger charge is 2.35. The molecular formula is C17H23BrFNO3. The molecule has 2 atom stereocenters. The molecule has 4 nitrogen and oxygen atoms in total. The van der Waals surface area contributed by atoms with Crippen molar-refractivity contribution >= 4 is 22.0 Å². The molecule has 6 heteroatoms. The fourth-order valence-corrected chi connectivity index (χ4v) is 3.14. The van der Waals surface area contributed by atoms with Crippen LogP contribution in [-0.4, -0.2) is 42.9 Å². The van der Waals surface area contributed by atoms with Gasteiger partial charge in [-0.15, -0.1) is 0 Å². The molecule has 23 heavy (non-hydrogen) atoms. The van der Waals surface area contributed by atoms with Gasteiger partial charge in [0, 0.05) is 24.0 Å². The summed E-state index contributed by atoms with van der Waals surface area (Å²) in [5.74, 6) is -0.330. The van der Waals surface area contributed by atoms with Gasteiger partial charge in [-0.05, 0) is 44.9 Å². The topological polar surface area (TPSA) is 38.8 Å². The minimum atomic E-state index is -0.533. The third-order valence-corrected chi connectivity index (χ3v) is 4.37. The molecule has 1 aliphatic rings. The van der Waals surface area contributed by atoms with Crippen LogP contribution in [0.1, 0.15) is 38.7 Å². The van der Waals surface area contributed by atoms with Gasteiger partial charge >= 0.3 is 6.09 Å². The standard InChI is InChI=1S/C17H23BrFNO3/c1-17(2,3)23-16(21)20-8-7-13(15(10-20)22-4)12-6-5-11(18)9-14(12)19/h5-6,9,13,15H,7-8,10H2,1-4H3/t13-,15+/m1/s1. The zero-order valence-electron chi connectivity index (χ0n) is 13.9. The van der Waals surface area contributed by atoms with Crippen molar-refractivity contribution in [3.8, 4) is 0 Å². The van der Waals surface area contributed by atoms with Crippen LogP contribution in [0.5, 0.6) is 0 Å². The van der Waals surface area contributed by atoms with Crippen LogP contribution in [-0.2, 0) is 9.47 Å². The number of hydrogen-bond acceptors (Lipinski definition) is 3. The van der Waals surface area contributed by atoms with Crippen molar-refractivity contribution in [1.82, 2.24) is 4.90 Å². The van der Waals surface area contributed by atoms with Crippen molar-refractivity contribution in [3.63, 3.8) is 0 Å². The molecule has 1 aliphatic heterocycles. The van der Waals surface area contributed by atoms with E-state index in [9.17, 15) is 9.18 Å². The highest BCUT2D eigenvalue weighted by molar-refractivity contribution is 9.10. The summed E-state index contributed by atoms with van der Waals surface area (Å²) in [5.41, 5.74) is 0.0952. The van der Waals surface area contributed by atoms with E-state index >= 15 is 0 Å². The van der Waals surface area contributed by atoms with Crippen molar-refractivity contribution in [3.05, 3.63) is 34.1 Å². The number of amides is 1. The van der Waals surface area contributed by atoms with Gasteiger partial charge in [-0.3, -0.25) is 0 Å². The normalized spacial score (nSPS) is 22.1. The summed E-state index contributed by atoms with van der Waals surface area (Å²) in [6.07, 6.45) is 0.0252. The molecule has 0 aromatic heterocycles. The highest BCUT2D eigenvalue weighted by Crippen LogP contribution is 2.33. The number of benzene rings is 1. The molecule has 0 radical (unpaired) electrons. The molecule has 2 rings (SSSR count). The first kappa shape index (κ1) is 18.2. The van der Waals surface area contributed by atoms with E-state index in [-0.39, 0.29) is 23.9 Å². The summed E-state index contributed by atoms with van der Waals surface area (Å²) in [5, 5.41) is 0. The van der Waals surface area contributed by atoms with E-state index in [2.05, 4.69) is 15.9 Å². The van der Waals surface area contributed by atoms with Gasteiger partial charge in [0.25, 0.3) is 0 Å². The predicted molar refractivity (Wildman–Crippen MR) is 90.1 cm³/mol. The van der Waals surface area contributed by atoms with Gasteiger partial charge in [0.15, 0.2) is 0 Å². The Morgan fingerprint density at radius 3 is 2.65 bits per heavy atom. The molecule has 0 saturated carbocycles. The summed E-state index contributed by atoms with van der Waals surface area (Å²) in [6, 6.07) is 5.06. The first-order valence-corrected chi connectivity index (χ1v) is 8.46. The Labute approximate surface area is 145 Å². The molecule has 0 aliphatic carbocycles. The number of hydrogen-bond donors (Lipinski definition) is 0. The quantitative estimate of drug-likeness (QED) is 0.757. The van der Waals surface area contributed by atoms with E-state index in [0.717, 1.165) is 0 Å². The first-order chi connectivity index (χ1) is 10.7. The monoisotopic (exact) mass is 387 g/mol. The van der Waals surface area contributed by atoms with Crippen LogP contribution >= 0.6 is 15.9 Å². The average molecular weight is 388 g/mol. The summed E-state index contributed by atoms with van der Waals surface area (Å²) >= 11 is 3.27. The molecule has 0 N–H and O–H groups in total. The molecule has 1 fully saturated rings. The number of rotatable bonds is 2. The Morgan fingerprint density at radius 1 is 1.39 bits per heavy atom. The SMILES string of the molecule is CO[C@H]1CN(C(=O)OC(C)(C)C)CC[C@@H]1c1ccc(Br)cc1F. The van der Waals surface area contributed by atoms with Crippen molar-refractivity contribution < 1.29 is 18.7 Å². The van der Waals surface area contributed by atoms with Gasteiger partial charge in [0.1, 0.15) is 11.4 Å². The Kier molecular flexibility index (Phi) is 5.68. The molecule has 1 saturated heterocycles. The minimum absolute atomic E-state index is 0.0770. The van der Waals surface area contributed by atoms with Crippen LogP contribution in [0.15, 0.2) is 22.7 Å². The molecule has 0 bridgehead atoms. The molecule has 1 aromatic carbocycles. The second-order valence-electron chi connectivity index (χ2n) is 6.76. The van der Waals surface area contributed by atoms with E-state index < -0.39 is 5.60 Å². The van der Waals surface area contributed by atoms with Gasteiger partial charge in [-0.25, -0.2) is 9.18 Å². The van der Waals surface area contributed by atoms with Crippen molar-refractivity contribution in [2.24, 2.45) is 0 Å². The van der Waals surface area contributed by atoms with Crippen LogP contribution in [0.4, 0.5) is 9.18 Å². The highest BCUT2D eigenvalue weighted by atomic mass is 79.9. The van der Waals surface area contributed by atoms with E-state index in [0.29, 0.717) is 29.5 Å². The molecule has 1 heterocycles. The van der Waals surface area contributed by atoms with E-state index in [4.69, 9.17) is 9.47 Å². The number of ether oxygens (including phenoxy) is 2. The van der Waals surface area contributed by atoms with Gasteiger partial charge in [0.2, 0.25) is 0 Å². The smallest absolute Gasteiger partial charge is 0.410 e. The summed E-state index contributed by atoms with van der Waals surface area (Å²) < 4.78 is 25.9. The maximum atomic E-state index is 14.2. The van der Waals surface area contributed by atoms with E-state index in [1.165, 1.54) is 6.07 Å². The van der Waals surface area contributed by atoms with Crippen LogP contribution in [0.25, 0.3) is 0 Å². The number of likely N-dealkylation sites (tertiary alicyclic amines) is 1. The van der Waals surface area contributed by atoms with Crippen LogP contribution in [0, 0.1) is 5.82 Å².